The van der Waals surface area contributed by atoms with Crippen LogP contribution in [0, 0.1) is 17.8 Å². The zero-order valence-corrected chi connectivity index (χ0v) is 27.0. The first-order valence-corrected chi connectivity index (χ1v) is 15.2. The first kappa shape index (κ1) is 33.3. The number of hydrogen-bond acceptors (Lipinski definition) is 0. The van der Waals surface area contributed by atoms with Crippen molar-refractivity contribution in [2.45, 2.75) is 101 Å². The predicted octanol–water partition coefficient (Wildman–Crippen LogP) is 12.4. The lowest BCUT2D eigenvalue weighted by Crippen LogP contribution is -2.19. The van der Waals surface area contributed by atoms with E-state index in [9.17, 15) is 0 Å². The fourth-order valence-corrected chi connectivity index (χ4v) is 5.65. The Balaban J connectivity index is 1.89. The second-order valence-electron chi connectivity index (χ2n) is 13.0. The highest BCUT2D eigenvalue weighted by atomic mass is 14.3. The lowest BCUT2D eigenvalue weighted by Gasteiger charge is -2.39. The highest BCUT2D eigenvalue weighted by Gasteiger charge is 2.26. The molecule has 0 N–H and O–H groups in total. The van der Waals surface area contributed by atoms with Crippen LogP contribution in [0.1, 0.15) is 101 Å². The van der Waals surface area contributed by atoms with Crippen LogP contribution >= 0.6 is 0 Å². The van der Waals surface area contributed by atoms with Crippen LogP contribution in [0.5, 0.6) is 0 Å². The van der Waals surface area contributed by atoms with Crippen molar-refractivity contribution in [2.24, 2.45) is 10.8 Å². The Morgan fingerprint density at radius 3 is 1.45 bits per heavy atom. The Morgan fingerprint density at radius 1 is 0.575 bits per heavy atom. The molecule has 40 heavy (non-hydrogen) atoms. The molecule has 0 heteroatoms. The lowest BCUT2D eigenvalue weighted by molar-refractivity contribution is 0.377. The molecule has 0 aromatic rings. The summed E-state index contributed by atoms with van der Waals surface area (Å²) in [5.41, 5.74) is 11.3. The lowest BCUT2D eigenvalue weighted by atomic mass is 9.72. The molecule has 0 nitrogen and oxygen atoms in total. The quantitative estimate of drug-likeness (QED) is 0.193. The van der Waals surface area contributed by atoms with Crippen LogP contribution in [0.15, 0.2) is 130 Å². The van der Waals surface area contributed by atoms with Crippen molar-refractivity contribution in [3.05, 3.63) is 137 Å². The van der Waals surface area contributed by atoms with Crippen LogP contribution < -0.4 is 0 Å². The molecule has 0 aromatic heterocycles. The van der Waals surface area contributed by atoms with Gasteiger partial charge in [-0.05, 0) is 78.2 Å². The molecule has 2 aliphatic rings. The van der Waals surface area contributed by atoms with E-state index in [0.717, 1.165) is 0 Å². The van der Waals surface area contributed by atoms with Crippen LogP contribution in [0.4, 0.5) is 0 Å². The third-order valence-electron chi connectivity index (χ3n) is 8.22. The summed E-state index contributed by atoms with van der Waals surface area (Å²) in [5, 5.41) is 0. The van der Waals surface area contributed by atoms with Crippen molar-refractivity contribution >= 4 is 0 Å². The van der Waals surface area contributed by atoms with Gasteiger partial charge in [0.1, 0.15) is 0 Å². The van der Waals surface area contributed by atoms with Gasteiger partial charge >= 0.3 is 0 Å². The van der Waals surface area contributed by atoms with Gasteiger partial charge in [-0.15, -0.1) is 5.41 Å². The molecule has 0 radical (unpaired) electrons. The maximum atomic E-state index is 4.45. The van der Waals surface area contributed by atoms with E-state index in [2.05, 4.69) is 154 Å². The monoisotopic (exact) mass is 535 g/mol. The molecule has 2 rings (SSSR count). The second-order valence-corrected chi connectivity index (χ2v) is 13.0. The summed E-state index contributed by atoms with van der Waals surface area (Å²) in [7, 11) is 0. The fraction of sp³-hybridized carbons (Fsp3) is 0.425. The first-order chi connectivity index (χ1) is 18.8. The van der Waals surface area contributed by atoms with Crippen LogP contribution in [0.3, 0.4) is 0 Å². The Hall–Kier alpha value is -2.86. The van der Waals surface area contributed by atoms with Crippen molar-refractivity contribution in [2.75, 3.05) is 0 Å². The zero-order chi connectivity index (χ0) is 29.8. The number of allylic oxidation sites excluding steroid dienone is 22. The van der Waals surface area contributed by atoms with Gasteiger partial charge in [0, 0.05) is 0 Å². The van der Waals surface area contributed by atoms with Crippen LogP contribution in [0.2, 0.25) is 0 Å². The summed E-state index contributed by atoms with van der Waals surface area (Å²) in [6.07, 6.45) is 38.0. The molecule has 0 saturated carbocycles. The highest BCUT2D eigenvalue weighted by molar-refractivity contribution is 5.39. The van der Waals surface area contributed by atoms with E-state index in [1.807, 2.05) is 0 Å². The molecular weight excluding hydrogens is 480 g/mol. The van der Waals surface area contributed by atoms with Crippen molar-refractivity contribution < 1.29 is 0 Å². The van der Waals surface area contributed by atoms with Gasteiger partial charge in [-0.25, -0.2) is 0 Å². The smallest absolute Gasteiger partial charge is 0.0104 e. The van der Waals surface area contributed by atoms with E-state index in [1.165, 1.54) is 77.5 Å². The summed E-state index contributed by atoms with van der Waals surface area (Å²) in [5.74, 6) is 0. The Kier molecular flexibility index (Phi) is 13.2. The van der Waals surface area contributed by atoms with Gasteiger partial charge in [-0.3, -0.25) is 0 Å². The van der Waals surface area contributed by atoms with Crippen molar-refractivity contribution in [3.63, 3.8) is 0 Å². The van der Waals surface area contributed by atoms with E-state index >= 15 is 0 Å². The summed E-state index contributed by atoms with van der Waals surface area (Å²) < 4.78 is 0. The third kappa shape index (κ3) is 11.3. The van der Waals surface area contributed by atoms with Gasteiger partial charge in [0.05, 0.1) is 0 Å². The molecule has 1 atom stereocenters. The molecule has 0 saturated heterocycles. The number of hydrogen-bond donors (Lipinski definition) is 0. The predicted molar refractivity (Wildman–Crippen MR) is 181 cm³/mol. The van der Waals surface area contributed by atoms with E-state index in [1.54, 1.807) is 5.57 Å². The largest absolute Gasteiger partial charge is 0.333 e. The van der Waals surface area contributed by atoms with Gasteiger partial charge in [0.25, 0.3) is 0 Å². The molecule has 216 valence electrons. The van der Waals surface area contributed by atoms with E-state index in [0.29, 0.717) is 0 Å². The van der Waals surface area contributed by atoms with Gasteiger partial charge in [-0.1, -0.05) is 158 Å². The average Bonchev–Trinajstić information content (AvgIpc) is 2.85. The molecule has 0 bridgehead atoms. The molecule has 0 aliphatic heterocycles. The average molecular weight is 536 g/mol. The fourth-order valence-electron chi connectivity index (χ4n) is 5.65. The molecule has 0 heterocycles. The van der Waals surface area contributed by atoms with Crippen molar-refractivity contribution in [1.82, 2.24) is 0 Å². The van der Waals surface area contributed by atoms with Gasteiger partial charge in [0.2, 0.25) is 0 Å². The zero-order valence-electron chi connectivity index (χ0n) is 27.0. The standard InChI is InChI=1S/C40H55/c1-31(19-13-21-33(3)25-27-37-35(5)23-15-29-39(37,7)8)17-11-12-18-32(2)20-14-22-34(4)26-28-38-36(6)24-16-30-40(38,9)10/h11-14,17-22,25-28H,7,15-16,23-24,29-30H2,1-6,8-10H3/q-1/b12-11+,19-13+,20-14+,27-25+,28-26+,31-17+,32-18+,33-21+,34-22-/t39-/m1/s1. The molecule has 2 aliphatic carbocycles. The molecule has 0 amide bonds. The van der Waals surface area contributed by atoms with E-state index < -0.39 is 0 Å². The number of rotatable bonds is 10. The SMILES string of the molecule is [CH2-][C@@]1(C)CCCC(C)=C1/C=C/C(C)=C/C=C/C(C)=C/C=C/C=C(C)/C=C/C=C(C)\C=C\C1=C(C)CCCC1(C)C. The van der Waals surface area contributed by atoms with Crippen LogP contribution in [-0.4, -0.2) is 0 Å². The summed E-state index contributed by atoms with van der Waals surface area (Å²) in [4.78, 5) is 0. The topological polar surface area (TPSA) is 0 Å². The second kappa shape index (κ2) is 15.8. The minimum Gasteiger partial charge on any atom is -0.333 e. The van der Waals surface area contributed by atoms with E-state index in [-0.39, 0.29) is 10.8 Å². The Labute approximate surface area is 247 Å². The van der Waals surface area contributed by atoms with Crippen molar-refractivity contribution in [3.8, 4) is 0 Å². The summed E-state index contributed by atoms with van der Waals surface area (Å²) in [6.45, 7) is 24.6. The Bertz CT molecular complexity index is 1120. The third-order valence-corrected chi connectivity index (χ3v) is 8.22. The highest BCUT2D eigenvalue weighted by Crippen LogP contribution is 2.41. The Morgan fingerprint density at radius 2 is 0.975 bits per heavy atom. The summed E-state index contributed by atoms with van der Waals surface area (Å²) in [6, 6.07) is 0. The molecule has 0 fully saturated rings. The normalized spacial score (nSPS) is 24.4. The molecule has 0 spiro atoms. The maximum Gasteiger partial charge on any atom is -0.0104 e. The van der Waals surface area contributed by atoms with Crippen LogP contribution in [-0.2, 0) is 0 Å². The van der Waals surface area contributed by atoms with Gasteiger partial charge < -0.3 is 6.92 Å². The maximum absolute atomic E-state index is 4.45. The van der Waals surface area contributed by atoms with Gasteiger partial charge in [0.15, 0.2) is 0 Å². The summed E-state index contributed by atoms with van der Waals surface area (Å²) >= 11 is 0. The van der Waals surface area contributed by atoms with Gasteiger partial charge in [-0.2, -0.15) is 0 Å². The molecule has 0 unspecified atom stereocenters. The molecular formula is C40H55-. The first-order valence-electron chi connectivity index (χ1n) is 15.2. The minimum absolute atomic E-state index is 0.0411. The van der Waals surface area contributed by atoms with Crippen molar-refractivity contribution in [1.29, 1.82) is 0 Å². The minimum atomic E-state index is 0.0411. The van der Waals surface area contributed by atoms with E-state index in [4.69, 9.17) is 0 Å². The molecule has 0 aromatic carbocycles. The van der Waals surface area contributed by atoms with Crippen LogP contribution in [0.25, 0.3) is 0 Å².